The largest absolute Gasteiger partial charge is 0.388 e. The summed E-state index contributed by atoms with van der Waals surface area (Å²) in [5.41, 5.74) is 1.96. The van der Waals surface area contributed by atoms with E-state index in [1.807, 2.05) is 18.2 Å². The van der Waals surface area contributed by atoms with Crippen LogP contribution < -0.4 is 5.56 Å². The lowest BCUT2D eigenvalue weighted by Crippen LogP contribution is -2.21. The van der Waals surface area contributed by atoms with Crippen molar-refractivity contribution in [1.82, 2.24) is 9.55 Å². The molecule has 0 bridgehead atoms. The van der Waals surface area contributed by atoms with Gasteiger partial charge in [0.15, 0.2) is 5.78 Å². The SMILES string of the molecule is O=C(CO)c1ccc2c(=O)n(CCCc3ccccc3)cnc2c1. The summed E-state index contributed by atoms with van der Waals surface area (Å²) in [6, 6.07) is 14.8. The van der Waals surface area contributed by atoms with Gasteiger partial charge in [0, 0.05) is 12.1 Å². The number of benzene rings is 2. The van der Waals surface area contributed by atoms with Crippen LogP contribution in [0.5, 0.6) is 0 Å². The van der Waals surface area contributed by atoms with Gasteiger partial charge < -0.3 is 5.11 Å². The number of nitrogens with zero attached hydrogens (tertiary/aromatic N) is 2. The highest BCUT2D eigenvalue weighted by Gasteiger charge is 2.09. The van der Waals surface area contributed by atoms with E-state index in [0.29, 0.717) is 23.0 Å². The Morgan fingerprint density at radius 3 is 2.67 bits per heavy atom. The Hall–Kier alpha value is -2.79. The normalized spacial score (nSPS) is 10.9. The van der Waals surface area contributed by atoms with Crippen LogP contribution in [-0.4, -0.2) is 27.0 Å². The van der Waals surface area contributed by atoms with E-state index in [-0.39, 0.29) is 11.3 Å². The molecule has 0 aliphatic carbocycles. The van der Waals surface area contributed by atoms with Crippen molar-refractivity contribution in [2.45, 2.75) is 19.4 Å². The second-order valence-electron chi connectivity index (χ2n) is 5.65. The van der Waals surface area contributed by atoms with Gasteiger partial charge in [-0.05, 0) is 30.5 Å². The number of hydrogen-bond acceptors (Lipinski definition) is 4. The Morgan fingerprint density at radius 2 is 1.92 bits per heavy atom. The van der Waals surface area contributed by atoms with E-state index in [1.165, 1.54) is 11.9 Å². The molecule has 0 spiro atoms. The molecule has 3 aromatic rings. The van der Waals surface area contributed by atoms with Crippen molar-refractivity contribution in [1.29, 1.82) is 0 Å². The number of aliphatic hydroxyl groups excluding tert-OH is 1. The highest BCUT2D eigenvalue weighted by molar-refractivity contribution is 5.99. The van der Waals surface area contributed by atoms with Crippen LogP contribution in [0.15, 0.2) is 59.7 Å². The summed E-state index contributed by atoms with van der Waals surface area (Å²) in [5, 5.41) is 9.39. The number of rotatable bonds is 6. The number of Topliss-reactive ketones (excluding diaryl/α,β-unsaturated/α-hetero) is 1. The van der Waals surface area contributed by atoms with Crippen LogP contribution in [0.1, 0.15) is 22.3 Å². The second-order valence-corrected chi connectivity index (χ2v) is 5.65. The average Bonchev–Trinajstić information content (AvgIpc) is 2.63. The highest BCUT2D eigenvalue weighted by Crippen LogP contribution is 2.11. The standard InChI is InChI=1S/C19H18N2O3/c22-12-18(23)15-8-9-16-17(11-15)20-13-21(19(16)24)10-4-7-14-5-2-1-3-6-14/h1-3,5-6,8-9,11,13,22H,4,7,10,12H2. The fourth-order valence-electron chi connectivity index (χ4n) is 2.68. The number of ketones is 1. The third-order valence-corrected chi connectivity index (χ3v) is 4.00. The number of aliphatic hydroxyl groups is 1. The Labute approximate surface area is 139 Å². The number of aryl methyl sites for hydroxylation is 2. The molecule has 0 fully saturated rings. The van der Waals surface area contributed by atoms with Crippen molar-refractivity contribution in [3.05, 3.63) is 76.3 Å². The Morgan fingerprint density at radius 1 is 1.12 bits per heavy atom. The maximum Gasteiger partial charge on any atom is 0.261 e. The molecule has 1 aromatic heterocycles. The summed E-state index contributed by atoms with van der Waals surface area (Å²) in [6.45, 7) is 0.0377. The van der Waals surface area contributed by atoms with Crippen molar-refractivity contribution >= 4 is 16.7 Å². The molecule has 2 aromatic carbocycles. The first-order valence-electron chi connectivity index (χ1n) is 7.86. The molecule has 24 heavy (non-hydrogen) atoms. The molecular weight excluding hydrogens is 304 g/mol. The van der Waals surface area contributed by atoms with Crippen molar-refractivity contribution in [2.75, 3.05) is 6.61 Å². The van der Waals surface area contributed by atoms with Gasteiger partial charge in [0.25, 0.3) is 5.56 Å². The number of aromatic nitrogens is 2. The van der Waals surface area contributed by atoms with Crippen molar-refractivity contribution in [3.8, 4) is 0 Å². The topological polar surface area (TPSA) is 72.2 Å². The van der Waals surface area contributed by atoms with E-state index < -0.39 is 6.61 Å². The highest BCUT2D eigenvalue weighted by atomic mass is 16.3. The van der Waals surface area contributed by atoms with Crippen LogP contribution >= 0.6 is 0 Å². The van der Waals surface area contributed by atoms with Crippen LogP contribution in [0.4, 0.5) is 0 Å². The number of carbonyl (C=O) groups excluding carboxylic acids is 1. The van der Waals surface area contributed by atoms with Crippen LogP contribution in [0.2, 0.25) is 0 Å². The molecule has 0 radical (unpaired) electrons. The molecule has 0 aliphatic rings. The number of fused-ring (bicyclic) bond motifs is 1. The van der Waals surface area contributed by atoms with Crippen LogP contribution in [0.3, 0.4) is 0 Å². The predicted molar refractivity (Wildman–Crippen MR) is 92.2 cm³/mol. The third-order valence-electron chi connectivity index (χ3n) is 4.00. The predicted octanol–water partition coefficient (Wildman–Crippen LogP) is 2.20. The maximum atomic E-state index is 12.5. The number of hydrogen-bond donors (Lipinski definition) is 1. The van der Waals surface area contributed by atoms with Gasteiger partial charge in [-0.3, -0.25) is 14.2 Å². The maximum absolute atomic E-state index is 12.5. The average molecular weight is 322 g/mol. The van der Waals surface area contributed by atoms with E-state index in [9.17, 15) is 9.59 Å². The second kappa shape index (κ2) is 7.19. The molecule has 0 aliphatic heterocycles. The van der Waals surface area contributed by atoms with Gasteiger partial charge in [-0.1, -0.05) is 36.4 Å². The van der Waals surface area contributed by atoms with Gasteiger partial charge in [-0.2, -0.15) is 0 Å². The van der Waals surface area contributed by atoms with E-state index in [1.54, 1.807) is 22.8 Å². The van der Waals surface area contributed by atoms with Gasteiger partial charge in [-0.25, -0.2) is 4.98 Å². The molecule has 122 valence electrons. The molecular formula is C19H18N2O3. The summed E-state index contributed by atoms with van der Waals surface area (Å²) in [6.07, 6.45) is 3.26. The summed E-state index contributed by atoms with van der Waals surface area (Å²) < 4.78 is 1.60. The van der Waals surface area contributed by atoms with Crippen LogP contribution in [0, 0.1) is 0 Å². The fourth-order valence-corrected chi connectivity index (χ4v) is 2.68. The van der Waals surface area contributed by atoms with Gasteiger partial charge in [0.1, 0.15) is 6.61 Å². The van der Waals surface area contributed by atoms with Crippen LogP contribution in [-0.2, 0) is 13.0 Å². The zero-order valence-corrected chi connectivity index (χ0v) is 13.2. The Bertz CT molecular complexity index is 917. The third kappa shape index (κ3) is 3.41. The molecule has 0 saturated heterocycles. The van der Waals surface area contributed by atoms with Crippen molar-refractivity contribution < 1.29 is 9.90 Å². The number of carbonyl (C=O) groups is 1. The van der Waals surface area contributed by atoms with Gasteiger partial charge in [0.05, 0.1) is 17.2 Å². The Kier molecular flexibility index (Phi) is 4.82. The first-order chi connectivity index (χ1) is 11.7. The van der Waals surface area contributed by atoms with E-state index in [4.69, 9.17) is 5.11 Å². The lowest BCUT2D eigenvalue weighted by atomic mass is 10.1. The lowest BCUT2D eigenvalue weighted by Gasteiger charge is -2.07. The molecule has 1 N–H and O–H groups in total. The quantitative estimate of drug-likeness (QED) is 0.706. The monoisotopic (exact) mass is 322 g/mol. The minimum atomic E-state index is -0.554. The minimum absolute atomic E-state index is 0.115. The smallest absolute Gasteiger partial charge is 0.261 e. The molecule has 3 rings (SSSR count). The van der Waals surface area contributed by atoms with Crippen molar-refractivity contribution in [3.63, 3.8) is 0 Å². The van der Waals surface area contributed by atoms with E-state index in [2.05, 4.69) is 17.1 Å². The zero-order chi connectivity index (χ0) is 16.9. The summed E-state index contributed by atoms with van der Waals surface area (Å²) >= 11 is 0. The van der Waals surface area contributed by atoms with Gasteiger partial charge >= 0.3 is 0 Å². The molecule has 0 atom stereocenters. The van der Waals surface area contributed by atoms with Crippen LogP contribution in [0.25, 0.3) is 10.9 Å². The minimum Gasteiger partial charge on any atom is -0.388 e. The summed E-state index contributed by atoms with van der Waals surface area (Å²) in [5.74, 6) is -0.384. The first-order valence-corrected chi connectivity index (χ1v) is 7.86. The summed E-state index contributed by atoms with van der Waals surface area (Å²) in [7, 11) is 0. The van der Waals surface area contributed by atoms with Crippen molar-refractivity contribution in [2.24, 2.45) is 0 Å². The lowest BCUT2D eigenvalue weighted by molar-refractivity contribution is 0.0904. The molecule has 0 saturated carbocycles. The Balaban J connectivity index is 1.78. The molecule has 5 nitrogen and oxygen atoms in total. The van der Waals surface area contributed by atoms with Gasteiger partial charge in [-0.15, -0.1) is 0 Å². The molecule has 1 heterocycles. The van der Waals surface area contributed by atoms with E-state index >= 15 is 0 Å². The molecule has 0 amide bonds. The first kappa shape index (κ1) is 16.1. The van der Waals surface area contributed by atoms with E-state index in [0.717, 1.165) is 12.8 Å². The summed E-state index contributed by atoms with van der Waals surface area (Å²) in [4.78, 5) is 28.3. The van der Waals surface area contributed by atoms with Gasteiger partial charge in [0.2, 0.25) is 0 Å². The molecule has 5 heteroatoms. The molecule has 0 unspecified atom stereocenters. The zero-order valence-electron chi connectivity index (χ0n) is 13.2. The fraction of sp³-hybridized carbons (Fsp3) is 0.211.